The van der Waals surface area contributed by atoms with Gasteiger partial charge in [-0.05, 0) is 42.3 Å². The Kier molecular flexibility index (Phi) is 7.10. The first-order valence-corrected chi connectivity index (χ1v) is 12.4. The van der Waals surface area contributed by atoms with Crippen molar-refractivity contribution in [3.05, 3.63) is 71.4 Å². The molecule has 1 aliphatic heterocycles. The molecule has 0 radical (unpaired) electrons. The van der Waals surface area contributed by atoms with Gasteiger partial charge in [0.2, 0.25) is 6.41 Å². The van der Waals surface area contributed by atoms with Gasteiger partial charge in [0.15, 0.2) is 5.65 Å². The lowest BCUT2D eigenvalue weighted by Crippen LogP contribution is -2.43. The van der Waals surface area contributed by atoms with Gasteiger partial charge in [0, 0.05) is 41.8 Å². The summed E-state index contributed by atoms with van der Waals surface area (Å²) >= 11 is 1.62. The third-order valence-corrected chi connectivity index (χ3v) is 6.73. The van der Waals surface area contributed by atoms with Crippen LogP contribution in [0.3, 0.4) is 0 Å². The molecule has 6 rings (SSSR count). The van der Waals surface area contributed by atoms with E-state index in [1.54, 1.807) is 29.0 Å². The molecule has 0 atom stereocenters. The zero-order valence-corrected chi connectivity index (χ0v) is 20.5. The highest BCUT2D eigenvalue weighted by Crippen LogP contribution is 2.24. The fourth-order valence-electron chi connectivity index (χ4n) is 3.98. The summed E-state index contributed by atoms with van der Waals surface area (Å²) in [6, 6.07) is 11.1. The molecule has 0 bridgehead atoms. The minimum Gasteiger partial charge on any atom is -0.355 e. The Bertz CT molecular complexity index is 1510. The molecule has 11 heteroatoms. The summed E-state index contributed by atoms with van der Waals surface area (Å²) in [5.41, 5.74) is 5.81. The number of carbonyl (C=O) groups is 1. The highest BCUT2D eigenvalue weighted by Gasteiger charge is 2.17. The lowest BCUT2D eigenvalue weighted by molar-refractivity contribution is -0.109. The molecule has 1 aliphatic rings. The van der Waals surface area contributed by atoms with E-state index in [4.69, 9.17) is 0 Å². The van der Waals surface area contributed by atoms with Crippen LogP contribution >= 0.6 is 11.3 Å². The monoisotopic (exact) mass is 508 g/mol. The highest BCUT2D eigenvalue weighted by molar-refractivity contribution is 7.16. The zero-order chi connectivity index (χ0) is 24.9. The number of hydrogen-bond donors (Lipinski definition) is 2. The zero-order valence-electron chi connectivity index (χ0n) is 19.7. The van der Waals surface area contributed by atoms with Crippen molar-refractivity contribution in [3.8, 4) is 5.69 Å². The predicted molar refractivity (Wildman–Crippen MR) is 143 cm³/mol. The maximum Gasteiger partial charge on any atom is 0.207 e. The van der Waals surface area contributed by atoms with E-state index in [0.29, 0.717) is 29.9 Å². The fourth-order valence-corrected chi connectivity index (χ4v) is 4.64. The van der Waals surface area contributed by atoms with Crippen LogP contribution < -0.4 is 15.5 Å². The number of hydrogen-bond acceptors (Lipinski definition) is 8. The van der Waals surface area contributed by atoms with E-state index in [2.05, 4.69) is 35.6 Å². The van der Waals surface area contributed by atoms with E-state index in [-0.39, 0.29) is 8.67 Å². The van der Waals surface area contributed by atoms with Crippen LogP contribution in [0.2, 0.25) is 0 Å². The molecule has 5 aromatic rings. The summed E-state index contributed by atoms with van der Waals surface area (Å²) < 4.78 is 16.6. The molecule has 1 saturated heterocycles. The SMILES string of the molecule is Cc1ccc(-n2cc3c(N4CCNCC4)ncnc3n2)cc1F.O=CNCc1ccc2scnc2c1.[HH].[HH]. The summed E-state index contributed by atoms with van der Waals surface area (Å²) in [5, 5.41) is 11.3. The Morgan fingerprint density at radius 3 is 2.83 bits per heavy atom. The van der Waals surface area contributed by atoms with E-state index in [0.717, 1.165) is 48.5 Å². The Hall–Kier alpha value is -3.96. The van der Waals surface area contributed by atoms with Crippen LogP contribution in [-0.2, 0) is 11.3 Å². The van der Waals surface area contributed by atoms with Crippen molar-refractivity contribution in [1.82, 2.24) is 35.4 Å². The Morgan fingerprint density at radius 2 is 2.03 bits per heavy atom. The topological polar surface area (TPSA) is 101 Å². The van der Waals surface area contributed by atoms with Crippen molar-refractivity contribution >= 4 is 44.8 Å². The number of fused-ring (bicyclic) bond motifs is 2. The second-order valence-corrected chi connectivity index (χ2v) is 9.22. The van der Waals surface area contributed by atoms with Gasteiger partial charge in [-0.25, -0.2) is 24.0 Å². The molecular weight excluding hydrogens is 479 g/mol. The number of aryl methyl sites for hydroxylation is 1. The molecule has 0 spiro atoms. The number of nitrogens with one attached hydrogen (secondary N) is 2. The van der Waals surface area contributed by atoms with Gasteiger partial charge in [-0.3, -0.25) is 4.79 Å². The lowest BCUT2D eigenvalue weighted by atomic mass is 10.2. The summed E-state index contributed by atoms with van der Waals surface area (Å²) in [5.74, 6) is 0.644. The number of halogens is 1. The Morgan fingerprint density at radius 1 is 1.17 bits per heavy atom. The first kappa shape index (κ1) is 23.8. The maximum atomic E-state index is 13.8. The molecule has 0 saturated carbocycles. The van der Waals surface area contributed by atoms with Gasteiger partial charge in [-0.1, -0.05) is 12.1 Å². The van der Waals surface area contributed by atoms with Gasteiger partial charge in [0.1, 0.15) is 18.0 Å². The van der Waals surface area contributed by atoms with Crippen LogP contribution in [0.15, 0.2) is 54.4 Å². The third-order valence-electron chi connectivity index (χ3n) is 5.92. The van der Waals surface area contributed by atoms with Crippen molar-refractivity contribution < 1.29 is 12.0 Å². The molecule has 4 heterocycles. The maximum absolute atomic E-state index is 13.8. The molecule has 1 amide bonds. The number of carbonyl (C=O) groups excluding carboxylic acids is 1. The van der Waals surface area contributed by atoms with E-state index in [9.17, 15) is 9.18 Å². The van der Waals surface area contributed by atoms with Crippen LogP contribution in [0.1, 0.15) is 14.0 Å². The van der Waals surface area contributed by atoms with Gasteiger partial charge in [0.05, 0.1) is 26.8 Å². The van der Waals surface area contributed by atoms with E-state index in [1.165, 1.54) is 17.1 Å². The van der Waals surface area contributed by atoms with Gasteiger partial charge < -0.3 is 15.5 Å². The lowest BCUT2D eigenvalue weighted by Gasteiger charge is -2.28. The molecule has 0 unspecified atom stereocenters. The smallest absolute Gasteiger partial charge is 0.207 e. The van der Waals surface area contributed by atoms with Crippen molar-refractivity contribution in [1.29, 1.82) is 0 Å². The minimum absolute atomic E-state index is 0. The second kappa shape index (κ2) is 10.8. The first-order chi connectivity index (χ1) is 17.6. The third kappa shape index (κ3) is 5.16. The van der Waals surface area contributed by atoms with Crippen molar-refractivity contribution in [2.45, 2.75) is 13.5 Å². The molecule has 2 N–H and O–H groups in total. The standard InChI is InChI=1S/C16H17FN6.C9H8N2OS.2H2/c1-11-2-3-12(8-14(11)17)23-9-13-15(21-23)19-10-20-16(13)22-6-4-18-5-7-22;12-5-10-4-7-1-2-9-8(3-7)11-6-13-9;;/h2-3,8-10,18H,4-7H2,1H3;1-3,5-6H,4H2,(H,10,12);2*1H. The fraction of sp³-hybridized carbons (Fsp3) is 0.240. The predicted octanol–water partition coefficient (Wildman–Crippen LogP) is 3.71. The molecule has 3 aromatic heterocycles. The van der Waals surface area contributed by atoms with Crippen molar-refractivity contribution in [2.24, 2.45) is 0 Å². The van der Waals surface area contributed by atoms with Crippen LogP contribution in [0.25, 0.3) is 26.9 Å². The summed E-state index contributed by atoms with van der Waals surface area (Å²) in [4.78, 5) is 25.2. The van der Waals surface area contributed by atoms with Gasteiger partial charge in [-0.15, -0.1) is 16.4 Å². The highest BCUT2D eigenvalue weighted by atomic mass is 32.1. The van der Waals surface area contributed by atoms with E-state index in [1.807, 2.05) is 36.0 Å². The van der Waals surface area contributed by atoms with Gasteiger partial charge in [0.25, 0.3) is 0 Å². The van der Waals surface area contributed by atoms with Gasteiger partial charge >= 0.3 is 0 Å². The number of benzene rings is 2. The number of piperazine rings is 1. The second-order valence-electron chi connectivity index (χ2n) is 8.33. The van der Waals surface area contributed by atoms with Crippen molar-refractivity contribution in [3.63, 3.8) is 0 Å². The molecule has 188 valence electrons. The minimum atomic E-state index is -0.240. The summed E-state index contributed by atoms with van der Waals surface area (Å²) in [6.45, 7) is 5.97. The summed E-state index contributed by atoms with van der Waals surface area (Å²) in [7, 11) is 0. The van der Waals surface area contributed by atoms with E-state index >= 15 is 0 Å². The number of nitrogens with zero attached hydrogens (tertiary/aromatic N) is 6. The molecule has 2 aromatic carbocycles. The molecule has 36 heavy (non-hydrogen) atoms. The molecule has 9 nitrogen and oxygen atoms in total. The summed E-state index contributed by atoms with van der Waals surface area (Å²) in [6.07, 6.45) is 4.11. The average molecular weight is 509 g/mol. The molecular formula is C25H29FN8OS. The Balaban J connectivity index is 0.000000229. The van der Waals surface area contributed by atoms with Crippen LogP contribution in [-0.4, -0.2) is 57.3 Å². The number of aromatic nitrogens is 5. The average Bonchev–Trinajstić information content (AvgIpc) is 3.56. The Labute approximate surface area is 214 Å². The van der Waals surface area contributed by atoms with E-state index < -0.39 is 0 Å². The van der Waals surface area contributed by atoms with Gasteiger partial charge in [-0.2, -0.15) is 0 Å². The van der Waals surface area contributed by atoms with Crippen LogP contribution in [0.4, 0.5) is 10.2 Å². The van der Waals surface area contributed by atoms with Crippen LogP contribution in [0, 0.1) is 12.7 Å². The number of amides is 1. The number of anilines is 1. The van der Waals surface area contributed by atoms with Crippen LogP contribution in [0.5, 0.6) is 0 Å². The van der Waals surface area contributed by atoms with Crippen molar-refractivity contribution in [2.75, 3.05) is 31.1 Å². The molecule has 0 aliphatic carbocycles. The quantitative estimate of drug-likeness (QED) is 0.349. The number of rotatable bonds is 5. The first-order valence-electron chi connectivity index (χ1n) is 11.5. The normalized spacial score (nSPS) is 13.4. The number of thiazole rings is 1. The largest absolute Gasteiger partial charge is 0.355 e. The molecule has 1 fully saturated rings.